The molecule has 0 aliphatic rings. The van der Waals surface area contributed by atoms with Crippen LogP contribution in [0.1, 0.15) is 12.5 Å². The van der Waals surface area contributed by atoms with Crippen LogP contribution >= 0.6 is 0 Å². The summed E-state index contributed by atoms with van der Waals surface area (Å²) in [4.78, 5) is 11.0. The number of nitrogen functional groups attached to an aromatic ring is 1. The van der Waals surface area contributed by atoms with Crippen LogP contribution < -0.4 is 10.5 Å². The summed E-state index contributed by atoms with van der Waals surface area (Å²) in [5.41, 5.74) is 7.02. The van der Waals surface area contributed by atoms with Crippen molar-refractivity contribution < 1.29 is 14.3 Å². The number of nitrogens with zero attached hydrogens (tertiary/aromatic N) is 1. The number of rotatable bonds is 2. The third-order valence-corrected chi connectivity index (χ3v) is 1.81. The van der Waals surface area contributed by atoms with Crippen LogP contribution in [0.3, 0.4) is 0 Å². The molecule has 0 unspecified atom stereocenters. The fraction of sp³-hybridized carbons (Fsp3) is 0.444. The van der Waals surface area contributed by atoms with E-state index in [1.54, 1.807) is 24.7 Å². The van der Waals surface area contributed by atoms with E-state index in [0.29, 0.717) is 11.6 Å². The van der Waals surface area contributed by atoms with Gasteiger partial charge in [-0.1, -0.05) is 0 Å². The van der Waals surface area contributed by atoms with E-state index in [1.165, 1.54) is 0 Å². The Hall–Kier alpha value is -1.65. The van der Waals surface area contributed by atoms with Gasteiger partial charge in [-0.2, -0.15) is 0 Å². The smallest absolute Gasteiger partial charge is 0.434 e. The molecule has 2 N–H and O–H groups in total. The molecule has 14 heavy (non-hydrogen) atoms. The van der Waals surface area contributed by atoms with E-state index in [-0.39, 0.29) is 6.61 Å². The van der Waals surface area contributed by atoms with E-state index in [9.17, 15) is 4.79 Å². The standard InChI is InChI=1S/C9H14N2O3/c1-4-13-9(12)14-8-7(10)6(2)5-11(8)3/h5H,4,10H2,1-3H3. The lowest BCUT2D eigenvalue weighted by atomic mass is 10.3. The molecule has 1 rings (SSSR count). The first-order valence-electron chi connectivity index (χ1n) is 4.32. The number of nitrogens with two attached hydrogens (primary N) is 1. The topological polar surface area (TPSA) is 66.5 Å². The fourth-order valence-corrected chi connectivity index (χ4v) is 1.13. The van der Waals surface area contributed by atoms with E-state index < -0.39 is 6.16 Å². The van der Waals surface area contributed by atoms with Gasteiger partial charge in [-0.15, -0.1) is 0 Å². The summed E-state index contributed by atoms with van der Waals surface area (Å²) in [5, 5.41) is 0. The van der Waals surface area contributed by atoms with Crippen LogP contribution in [0.4, 0.5) is 10.5 Å². The van der Waals surface area contributed by atoms with Gasteiger partial charge < -0.3 is 19.8 Å². The molecule has 0 spiro atoms. The van der Waals surface area contributed by atoms with Gasteiger partial charge in [0.05, 0.1) is 12.3 Å². The minimum atomic E-state index is -0.736. The second kappa shape index (κ2) is 4.04. The predicted molar refractivity (Wildman–Crippen MR) is 52.2 cm³/mol. The van der Waals surface area contributed by atoms with Crippen LogP contribution in [0.2, 0.25) is 0 Å². The summed E-state index contributed by atoms with van der Waals surface area (Å²) in [6.07, 6.45) is 1.05. The van der Waals surface area contributed by atoms with E-state index in [4.69, 9.17) is 10.5 Å². The zero-order chi connectivity index (χ0) is 10.7. The Balaban J connectivity index is 2.81. The number of ether oxygens (including phenoxy) is 2. The summed E-state index contributed by atoms with van der Waals surface area (Å²) < 4.78 is 11.2. The zero-order valence-electron chi connectivity index (χ0n) is 8.53. The molecule has 0 radical (unpaired) electrons. The molecule has 0 saturated carbocycles. The zero-order valence-corrected chi connectivity index (χ0v) is 8.53. The molecule has 1 aromatic heterocycles. The number of hydrogen-bond acceptors (Lipinski definition) is 4. The van der Waals surface area contributed by atoms with Gasteiger partial charge in [0.25, 0.3) is 0 Å². The van der Waals surface area contributed by atoms with Gasteiger partial charge in [-0.25, -0.2) is 4.79 Å². The highest BCUT2D eigenvalue weighted by Gasteiger charge is 2.14. The van der Waals surface area contributed by atoms with Crippen molar-refractivity contribution >= 4 is 11.8 Å². The van der Waals surface area contributed by atoms with Crippen LogP contribution in [0.5, 0.6) is 5.88 Å². The van der Waals surface area contributed by atoms with Crippen molar-refractivity contribution in [2.45, 2.75) is 13.8 Å². The molecule has 5 heteroatoms. The summed E-state index contributed by atoms with van der Waals surface area (Å²) in [6, 6.07) is 0. The maximum Gasteiger partial charge on any atom is 0.515 e. The molecule has 1 aromatic rings. The molecule has 0 saturated heterocycles. The summed E-state index contributed by atoms with van der Waals surface area (Å²) in [7, 11) is 1.75. The maximum absolute atomic E-state index is 11.0. The number of aromatic nitrogens is 1. The SMILES string of the molecule is CCOC(=O)Oc1c(N)c(C)cn1C. The third-order valence-electron chi connectivity index (χ3n) is 1.81. The molecular weight excluding hydrogens is 184 g/mol. The first kappa shape index (κ1) is 10.4. The predicted octanol–water partition coefficient (Wildman–Crippen LogP) is 1.45. The van der Waals surface area contributed by atoms with Crippen LogP contribution in [0.15, 0.2) is 6.20 Å². The van der Waals surface area contributed by atoms with E-state index in [0.717, 1.165) is 5.56 Å². The third kappa shape index (κ3) is 1.99. The van der Waals surface area contributed by atoms with Gasteiger partial charge in [0.2, 0.25) is 5.88 Å². The molecule has 5 nitrogen and oxygen atoms in total. The van der Waals surface area contributed by atoms with Gasteiger partial charge in [0, 0.05) is 13.2 Å². The summed E-state index contributed by atoms with van der Waals surface area (Å²) in [5.74, 6) is 0.320. The number of aryl methyl sites for hydroxylation is 2. The molecule has 0 aliphatic heterocycles. The first-order chi connectivity index (χ1) is 6.56. The van der Waals surface area contributed by atoms with Crippen LogP contribution in [-0.4, -0.2) is 17.3 Å². The van der Waals surface area contributed by atoms with Gasteiger partial charge >= 0.3 is 6.16 Å². The Kier molecular flexibility index (Phi) is 3.01. The van der Waals surface area contributed by atoms with Crippen molar-refractivity contribution in [2.24, 2.45) is 7.05 Å². The van der Waals surface area contributed by atoms with Crippen molar-refractivity contribution in [3.8, 4) is 5.88 Å². The molecule has 1 heterocycles. The van der Waals surface area contributed by atoms with Crippen molar-refractivity contribution in [1.29, 1.82) is 0 Å². The Bertz CT molecular complexity index is 344. The largest absolute Gasteiger partial charge is 0.515 e. The molecule has 0 amide bonds. The van der Waals surface area contributed by atoms with Gasteiger partial charge in [0.15, 0.2) is 0 Å². The molecule has 0 bridgehead atoms. The second-order valence-corrected chi connectivity index (χ2v) is 2.93. The number of anilines is 1. The Labute approximate surface area is 82.4 Å². The van der Waals surface area contributed by atoms with Crippen LogP contribution in [-0.2, 0) is 11.8 Å². The lowest BCUT2D eigenvalue weighted by molar-refractivity contribution is 0.102. The van der Waals surface area contributed by atoms with E-state index in [1.807, 2.05) is 6.92 Å². The average Bonchev–Trinajstić information content (AvgIpc) is 2.33. The Morgan fingerprint density at radius 1 is 1.64 bits per heavy atom. The van der Waals surface area contributed by atoms with Gasteiger partial charge in [-0.05, 0) is 19.4 Å². The first-order valence-corrected chi connectivity index (χ1v) is 4.32. The maximum atomic E-state index is 11.0. The molecule has 0 aromatic carbocycles. The second-order valence-electron chi connectivity index (χ2n) is 2.93. The highest BCUT2D eigenvalue weighted by molar-refractivity contribution is 5.68. The summed E-state index contributed by atoms with van der Waals surface area (Å²) in [6.45, 7) is 3.83. The minimum absolute atomic E-state index is 0.280. The normalized spacial score (nSPS) is 9.93. The average molecular weight is 198 g/mol. The Morgan fingerprint density at radius 2 is 2.29 bits per heavy atom. The molecular formula is C9H14N2O3. The van der Waals surface area contributed by atoms with Gasteiger partial charge in [0.1, 0.15) is 0 Å². The number of hydrogen-bond donors (Lipinski definition) is 1. The molecule has 0 aliphatic carbocycles. The highest BCUT2D eigenvalue weighted by atomic mass is 16.7. The number of carbonyl (C=O) groups is 1. The van der Waals surface area contributed by atoms with Crippen LogP contribution in [0, 0.1) is 6.92 Å². The lowest BCUT2D eigenvalue weighted by Crippen LogP contribution is -2.12. The molecule has 78 valence electrons. The van der Waals surface area contributed by atoms with E-state index >= 15 is 0 Å². The van der Waals surface area contributed by atoms with Crippen LogP contribution in [0.25, 0.3) is 0 Å². The van der Waals surface area contributed by atoms with Gasteiger partial charge in [-0.3, -0.25) is 0 Å². The fourth-order valence-electron chi connectivity index (χ4n) is 1.13. The van der Waals surface area contributed by atoms with Crippen molar-refractivity contribution in [1.82, 2.24) is 4.57 Å². The monoisotopic (exact) mass is 198 g/mol. The van der Waals surface area contributed by atoms with Crippen molar-refractivity contribution in [2.75, 3.05) is 12.3 Å². The van der Waals surface area contributed by atoms with Crippen molar-refractivity contribution in [3.63, 3.8) is 0 Å². The number of carbonyl (C=O) groups excluding carboxylic acids is 1. The van der Waals surface area contributed by atoms with E-state index in [2.05, 4.69) is 4.74 Å². The Morgan fingerprint density at radius 3 is 2.71 bits per heavy atom. The molecule has 0 atom stereocenters. The molecule has 0 fully saturated rings. The minimum Gasteiger partial charge on any atom is -0.434 e. The summed E-state index contributed by atoms with van der Waals surface area (Å²) >= 11 is 0. The van der Waals surface area contributed by atoms with Crippen molar-refractivity contribution in [3.05, 3.63) is 11.8 Å². The quantitative estimate of drug-likeness (QED) is 0.730. The highest BCUT2D eigenvalue weighted by Crippen LogP contribution is 2.26. The lowest BCUT2D eigenvalue weighted by Gasteiger charge is -2.05.